The summed E-state index contributed by atoms with van der Waals surface area (Å²) in [4.78, 5) is 32.7. The van der Waals surface area contributed by atoms with Crippen LogP contribution in [0, 0.1) is 0 Å². The highest BCUT2D eigenvalue weighted by Gasteiger charge is 2.24. The van der Waals surface area contributed by atoms with E-state index in [1.807, 2.05) is 35.7 Å². The van der Waals surface area contributed by atoms with Crippen LogP contribution in [0.3, 0.4) is 0 Å². The molecule has 0 unspecified atom stereocenters. The summed E-state index contributed by atoms with van der Waals surface area (Å²) in [6.07, 6.45) is 0.677. The molecule has 0 aliphatic carbocycles. The van der Waals surface area contributed by atoms with Gasteiger partial charge in [-0.3, -0.25) is 10.1 Å². The van der Waals surface area contributed by atoms with E-state index in [0.717, 1.165) is 21.9 Å². The maximum absolute atomic E-state index is 12.6. The molecule has 3 amide bonds. The molecule has 1 aromatic carbocycles. The van der Waals surface area contributed by atoms with Crippen molar-refractivity contribution in [3.8, 4) is 5.75 Å². The molecule has 1 aliphatic rings. The van der Waals surface area contributed by atoms with Crippen LogP contribution in [0.15, 0.2) is 41.8 Å². The van der Waals surface area contributed by atoms with Crippen molar-refractivity contribution in [1.29, 1.82) is 0 Å². The number of thiophene rings is 1. The van der Waals surface area contributed by atoms with Gasteiger partial charge in [0, 0.05) is 24.4 Å². The second kappa shape index (κ2) is 8.62. The fourth-order valence-corrected chi connectivity index (χ4v) is 4.66. The number of hydrogen-bond donors (Lipinski definition) is 2. The first-order valence-electron chi connectivity index (χ1n) is 9.11. The molecule has 150 valence electrons. The fraction of sp³-hybridized carbons (Fsp3) is 0.250. The van der Waals surface area contributed by atoms with Crippen LogP contribution in [-0.2, 0) is 19.5 Å². The highest BCUT2D eigenvalue weighted by atomic mass is 32.1. The van der Waals surface area contributed by atoms with Crippen molar-refractivity contribution in [2.75, 3.05) is 19.0 Å². The summed E-state index contributed by atoms with van der Waals surface area (Å²) in [6.45, 7) is 1.55. The number of thiazole rings is 1. The van der Waals surface area contributed by atoms with E-state index in [9.17, 15) is 9.59 Å². The Bertz CT molecular complexity index is 999. The molecular weight excluding hydrogens is 408 g/mol. The quantitative estimate of drug-likeness (QED) is 0.649. The van der Waals surface area contributed by atoms with Crippen LogP contribution in [0.2, 0.25) is 0 Å². The largest absolute Gasteiger partial charge is 0.497 e. The second-order valence-corrected chi connectivity index (χ2v) is 8.53. The Hall–Kier alpha value is -2.91. The minimum atomic E-state index is -0.153. The zero-order chi connectivity index (χ0) is 20.2. The highest BCUT2D eigenvalue weighted by Crippen LogP contribution is 2.29. The van der Waals surface area contributed by atoms with Gasteiger partial charge in [-0.05, 0) is 29.1 Å². The Labute approximate surface area is 176 Å². The number of urea groups is 1. The van der Waals surface area contributed by atoms with Crippen LogP contribution in [-0.4, -0.2) is 35.5 Å². The standard InChI is InChI=1S/C20H20N4O3S2/c1-27-14-6-4-13(5-7-14)11-21-20(26)24-9-8-15-17(12-24)29-19(22-15)23-18(25)16-3-2-10-28-16/h2-7,10H,8-9,11-12H2,1H3,(H,21,26)(H,22,23,25). The lowest BCUT2D eigenvalue weighted by Gasteiger charge is -2.26. The SMILES string of the molecule is COc1ccc(CNC(=O)N2CCc3nc(NC(=O)c4cccs4)sc3C2)cc1. The smallest absolute Gasteiger partial charge is 0.318 e. The normalized spacial score (nSPS) is 12.9. The molecule has 2 aromatic heterocycles. The van der Waals surface area contributed by atoms with Crippen LogP contribution >= 0.6 is 22.7 Å². The van der Waals surface area contributed by atoms with Crippen LogP contribution in [0.1, 0.15) is 25.8 Å². The molecule has 3 heterocycles. The number of rotatable bonds is 5. The molecule has 0 atom stereocenters. The number of anilines is 1. The minimum Gasteiger partial charge on any atom is -0.497 e. The molecule has 4 rings (SSSR count). The number of carbonyl (C=O) groups excluding carboxylic acids is 2. The van der Waals surface area contributed by atoms with Gasteiger partial charge in [0.2, 0.25) is 0 Å². The van der Waals surface area contributed by atoms with Crippen molar-refractivity contribution < 1.29 is 14.3 Å². The summed E-state index contributed by atoms with van der Waals surface area (Å²) in [5.41, 5.74) is 1.96. The van der Waals surface area contributed by atoms with E-state index in [0.29, 0.717) is 36.1 Å². The average molecular weight is 429 g/mol. The molecule has 0 fully saturated rings. The minimum absolute atomic E-state index is 0.107. The molecule has 0 spiro atoms. The Morgan fingerprint density at radius 2 is 2.07 bits per heavy atom. The van der Waals surface area contributed by atoms with Gasteiger partial charge in [0.1, 0.15) is 5.75 Å². The first-order chi connectivity index (χ1) is 14.1. The van der Waals surface area contributed by atoms with Gasteiger partial charge in [-0.25, -0.2) is 9.78 Å². The number of fused-ring (bicyclic) bond motifs is 1. The van der Waals surface area contributed by atoms with Crippen molar-refractivity contribution in [2.24, 2.45) is 0 Å². The van der Waals surface area contributed by atoms with E-state index in [2.05, 4.69) is 15.6 Å². The molecule has 0 bridgehead atoms. The Morgan fingerprint density at radius 3 is 2.79 bits per heavy atom. The maximum atomic E-state index is 12.6. The fourth-order valence-electron chi connectivity index (χ4n) is 3.02. The lowest BCUT2D eigenvalue weighted by Crippen LogP contribution is -2.42. The van der Waals surface area contributed by atoms with Crippen molar-refractivity contribution in [2.45, 2.75) is 19.5 Å². The molecule has 9 heteroatoms. The zero-order valence-electron chi connectivity index (χ0n) is 15.8. The third-order valence-corrected chi connectivity index (χ3v) is 6.45. The number of carbonyl (C=O) groups is 2. The molecule has 29 heavy (non-hydrogen) atoms. The van der Waals surface area contributed by atoms with E-state index >= 15 is 0 Å². The number of hydrogen-bond acceptors (Lipinski definition) is 6. The van der Waals surface area contributed by atoms with Crippen LogP contribution < -0.4 is 15.4 Å². The summed E-state index contributed by atoms with van der Waals surface area (Å²) in [7, 11) is 1.62. The first kappa shape index (κ1) is 19.4. The zero-order valence-corrected chi connectivity index (χ0v) is 17.4. The van der Waals surface area contributed by atoms with Crippen molar-refractivity contribution in [3.63, 3.8) is 0 Å². The van der Waals surface area contributed by atoms with Gasteiger partial charge < -0.3 is 15.0 Å². The van der Waals surface area contributed by atoms with Crippen molar-refractivity contribution in [3.05, 3.63) is 62.8 Å². The molecular formula is C20H20N4O3S2. The number of aromatic nitrogens is 1. The third kappa shape index (κ3) is 4.57. The number of amides is 3. The Balaban J connectivity index is 1.33. The number of nitrogens with zero attached hydrogens (tertiary/aromatic N) is 2. The predicted octanol–water partition coefficient (Wildman–Crippen LogP) is 3.73. The van der Waals surface area contributed by atoms with E-state index in [4.69, 9.17) is 4.74 Å². The monoisotopic (exact) mass is 428 g/mol. The van der Waals surface area contributed by atoms with Crippen LogP contribution in [0.25, 0.3) is 0 Å². The van der Waals surface area contributed by atoms with Crippen LogP contribution in [0.5, 0.6) is 5.75 Å². The maximum Gasteiger partial charge on any atom is 0.318 e. The van der Waals surface area contributed by atoms with Gasteiger partial charge in [-0.1, -0.05) is 29.5 Å². The molecule has 2 N–H and O–H groups in total. The Morgan fingerprint density at radius 1 is 1.24 bits per heavy atom. The first-order valence-corrected chi connectivity index (χ1v) is 10.8. The molecule has 1 aliphatic heterocycles. The lowest BCUT2D eigenvalue weighted by molar-refractivity contribution is 0.103. The van der Waals surface area contributed by atoms with Crippen molar-refractivity contribution >= 4 is 39.7 Å². The van der Waals surface area contributed by atoms with E-state index < -0.39 is 0 Å². The Kier molecular flexibility index (Phi) is 5.77. The molecule has 0 saturated carbocycles. The number of nitrogens with one attached hydrogen (secondary N) is 2. The summed E-state index contributed by atoms with van der Waals surface area (Å²) in [6, 6.07) is 11.1. The summed E-state index contributed by atoms with van der Waals surface area (Å²) < 4.78 is 5.14. The van der Waals surface area contributed by atoms with Gasteiger partial charge >= 0.3 is 6.03 Å². The van der Waals surface area contributed by atoms with Gasteiger partial charge in [-0.2, -0.15) is 0 Å². The van der Waals surface area contributed by atoms with Gasteiger partial charge in [0.25, 0.3) is 5.91 Å². The predicted molar refractivity (Wildman–Crippen MR) is 114 cm³/mol. The van der Waals surface area contributed by atoms with Gasteiger partial charge in [0.05, 0.1) is 24.2 Å². The third-order valence-electron chi connectivity index (χ3n) is 4.59. The average Bonchev–Trinajstić information content (AvgIpc) is 3.41. The van der Waals surface area contributed by atoms with E-state index in [1.165, 1.54) is 22.7 Å². The molecule has 3 aromatic rings. The summed E-state index contributed by atoms with van der Waals surface area (Å²) >= 11 is 2.82. The highest BCUT2D eigenvalue weighted by molar-refractivity contribution is 7.16. The number of methoxy groups -OCH3 is 1. The van der Waals surface area contributed by atoms with Gasteiger partial charge in [-0.15, -0.1) is 11.3 Å². The van der Waals surface area contributed by atoms with E-state index in [1.54, 1.807) is 18.1 Å². The number of benzene rings is 1. The van der Waals surface area contributed by atoms with Crippen LogP contribution in [0.4, 0.5) is 9.93 Å². The molecule has 0 radical (unpaired) electrons. The number of ether oxygens (including phenoxy) is 1. The van der Waals surface area contributed by atoms with E-state index in [-0.39, 0.29) is 11.9 Å². The van der Waals surface area contributed by atoms with Crippen molar-refractivity contribution in [1.82, 2.24) is 15.2 Å². The summed E-state index contributed by atoms with van der Waals surface area (Å²) in [5, 5.41) is 8.25. The van der Waals surface area contributed by atoms with Gasteiger partial charge in [0.15, 0.2) is 5.13 Å². The molecule has 7 nitrogen and oxygen atoms in total. The lowest BCUT2D eigenvalue weighted by atomic mass is 10.2. The molecule has 0 saturated heterocycles. The second-order valence-electron chi connectivity index (χ2n) is 6.50. The topological polar surface area (TPSA) is 83.6 Å². The summed E-state index contributed by atoms with van der Waals surface area (Å²) in [5.74, 6) is 0.635.